The van der Waals surface area contributed by atoms with Crippen molar-refractivity contribution in [3.8, 4) is 11.5 Å². The van der Waals surface area contributed by atoms with Crippen molar-refractivity contribution in [2.75, 3.05) is 19.9 Å². The molecule has 2 N–H and O–H groups in total. The maximum atomic E-state index is 13.4. The highest BCUT2D eigenvalue weighted by atomic mass is 35.5. The van der Waals surface area contributed by atoms with E-state index in [0.29, 0.717) is 22.1 Å². The van der Waals surface area contributed by atoms with E-state index in [0.717, 1.165) is 0 Å². The topological polar surface area (TPSA) is 105 Å². The number of benzene rings is 2. The molecule has 1 saturated carbocycles. The standard InChI is InChI=1S/C20H20ClNO6S/c1-2-26-19(23)20(10-22)17(12-3-8-15-16(9-12)28-11-27-15)18(20)29(24,25)14-6-4-13(21)5-7-14/h3-9,17-18H,2,10-11,22H2,1H3/t17-,18+,20+/m1/s1. The minimum Gasteiger partial charge on any atom is -0.465 e. The van der Waals surface area contributed by atoms with Gasteiger partial charge in [0.05, 0.1) is 16.8 Å². The van der Waals surface area contributed by atoms with E-state index in [4.69, 9.17) is 31.5 Å². The first kappa shape index (κ1) is 20.0. The number of halogens is 1. The van der Waals surface area contributed by atoms with Gasteiger partial charge >= 0.3 is 5.97 Å². The molecule has 154 valence electrons. The lowest BCUT2D eigenvalue weighted by atomic mass is 9.99. The Hall–Kier alpha value is -2.29. The van der Waals surface area contributed by atoms with Gasteiger partial charge in [-0.2, -0.15) is 0 Å². The molecule has 9 heteroatoms. The SMILES string of the molecule is CCOC(=O)[C@@]1(CN)[C@H](c2ccc3c(c2)OCO3)[C@@H]1S(=O)(=O)c1ccc(Cl)cc1. The number of rotatable bonds is 6. The highest BCUT2D eigenvalue weighted by molar-refractivity contribution is 7.92. The number of nitrogens with two attached hydrogens (primary N) is 1. The van der Waals surface area contributed by atoms with Crippen molar-refractivity contribution in [2.24, 2.45) is 11.1 Å². The molecule has 2 aromatic rings. The molecule has 1 heterocycles. The summed E-state index contributed by atoms with van der Waals surface area (Å²) in [5.41, 5.74) is 5.25. The molecule has 4 rings (SSSR count). The second-order valence-corrected chi connectivity index (χ2v) is 9.48. The minimum atomic E-state index is -3.89. The van der Waals surface area contributed by atoms with Gasteiger partial charge in [0.2, 0.25) is 6.79 Å². The Morgan fingerprint density at radius 2 is 1.90 bits per heavy atom. The maximum absolute atomic E-state index is 13.4. The van der Waals surface area contributed by atoms with E-state index < -0.39 is 32.4 Å². The molecule has 1 fully saturated rings. The predicted octanol–water partition coefficient (Wildman–Crippen LogP) is 2.52. The van der Waals surface area contributed by atoms with Crippen molar-refractivity contribution in [1.29, 1.82) is 0 Å². The molecule has 0 aromatic heterocycles. The van der Waals surface area contributed by atoms with Gasteiger partial charge in [0.15, 0.2) is 21.3 Å². The van der Waals surface area contributed by atoms with Crippen molar-refractivity contribution in [2.45, 2.75) is 23.0 Å². The van der Waals surface area contributed by atoms with Crippen LogP contribution in [-0.4, -0.2) is 39.6 Å². The van der Waals surface area contributed by atoms with Crippen LogP contribution < -0.4 is 15.2 Å². The molecule has 3 atom stereocenters. The zero-order chi connectivity index (χ0) is 20.8. The summed E-state index contributed by atoms with van der Waals surface area (Å²) in [5.74, 6) is -0.206. The molecule has 1 aliphatic heterocycles. The zero-order valence-corrected chi connectivity index (χ0v) is 17.2. The van der Waals surface area contributed by atoms with Gasteiger partial charge in [0.25, 0.3) is 0 Å². The van der Waals surface area contributed by atoms with Crippen LogP contribution >= 0.6 is 11.6 Å². The van der Waals surface area contributed by atoms with Crippen LogP contribution in [0.2, 0.25) is 5.02 Å². The number of ether oxygens (including phenoxy) is 3. The summed E-state index contributed by atoms with van der Waals surface area (Å²) in [6.07, 6.45) is 0. The molecule has 1 aliphatic carbocycles. The first-order valence-corrected chi connectivity index (χ1v) is 11.0. The minimum absolute atomic E-state index is 0.0808. The largest absolute Gasteiger partial charge is 0.465 e. The van der Waals surface area contributed by atoms with Crippen LogP contribution in [0.1, 0.15) is 18.4 Å². The molecule has 0 bridgehead atoms. The number of carbonyl (C=O) groups excluding carboxylic acids is 1. The average Bonchev–Trinajstić information content (AvgIpc) is 3.20. The lowest BCUT2D eigenvalue weighted by molar-refractivity contribution is -0.149. The summed E-state index contributed by atoms with van der Waals surface area (Å²) in [5, 5.41) is -0.636. The van der Waals surface area contributed by atoms with Crippen molar-refractivity contribution in [1.82, 2.24) is 0 Å². The molecular weight excluding hydrogens is 418 g/mol. The fourth-order valence-corrected chi connectivity index (χ4v) is 6.55. The van der Waals surface area contributed by atoms with Crippen molar-refractivity contribution in [3.63, 3.8) is 0 Å². The number of esters is 1. The van der Waals surface area contributed by atoms with Crippen LogP contribution in [0.4, 0.5) is 0 Å². The predicted molar refractivity (Wildman–Crippen MR) is 106 cm³/mol. The number of sulfone groups is 1. The molecule has 0 amide bonds. The first-order chi connectivity index (χ1) is 13.9. The summed E-state index contributed by atoms with van der Waals surface area (Å²) in [4.78, 5) is 13.0. The summed E-state index contributed by atoms with van der Waals surface area (Å²) in [7, 11) is -3.89. The van der Waals surface area contributed by atoms with Crippen molar-refractivity contribution >= 4 is 27.4 Å². The molecule has 0 saturated heterocycles. The third kappa shape index (κ3) is 3.06. The molecule has 2 aromatic carbocycles. The quantitative estimate of drug-likeness (QED) is 0.692. The van der Waals surface area contributed by atoms with E-state index in [1.165, 1.54) is 24.3 Å². The lowest BCUT2D eigenvalue weighted by Crippen LogP contribution is -2.33. The summed E-state index contributed by atoms with van der Waals surface area (Å²) in [6.45, 7) is 1.73. The third-order valence-electron chi connectivity index (χ3n) is 5.48. The number of carbonyl (C=O) groups is 1. The van der Waals surface area contributed by atoms with Gasteiger partial charge in [-0.1, -0.05) is 17.7 Å². The molecule has 2 aliphatic rings. The van der Waals surface area contributed by atoms with Gasteiger partial charge in [-0.25, -0.2) is 8.42 Å². The summed E-state index contributed by atoms with van der Waals surface area (Å²) < 4.78 is 42.8. The van der Waals surface area contributed by atoms with Gasteiger partial charge in [-0.3, -0.25) is 4.79 Å². The molecule has 0 radical (unpaired) electrons. The van der Waals surface area contributed by atoms with E-state index >= 15 is 0 Å². The van der Waals surface area contributed by atoms with Crippen molar-refractivity contribution in [3.05, 3.63) is 53.1 Å². The van der Waals surface area contributed by atoms with Gasteiger partial charge in [0.1, 0.15) is 5.41 Å². The average molecular weight is 438 g/mol. The van der Waals surface area contributed by atoms with Crippen LogP contribution in [-0.2, 0) is 19.4 Å². The molecule has 0 unspecified atom stereocenters. The number of fused-ring (bicyclic) bond motifs is 1. The van der Waals surface area contributed by atoms with E-state index in [-0.39, 0.29) is 24.8 Å². The van der Waals surface area contributed by atoms with Crippen LogP contribution in [0.25, 0.3) is 0 Å². The highest BCUT2D eigenvalue weighted by Gasteiger charge is 2.75. The van der Waals surface area contributed by atoms with E-state index in [1.54, 1.807) is 25.1 Å². The lowest BCUT2D eigenvalue weighted by Gasteiger charge is -2.14. The first-order valence-electron chi connectivity index (χ1n) is 9.12. The third-order valence-corrected chi connectivity index (χ3v) is 8.02. The van der Waals surface area contributed by atoms with Gasteiger partial charge < -0.3 is 19.9 Å². The Balaban J connectivity index is 1.81. The normalized spacial score (nSPS) is 24.9. The smallest absolute Gasteiger partial charge is 0.315 e. The Morgan fingerprint density at radius 3 is 2.55 bits per heavy atom. The Labute approximate surface area is 173 Å². The highest BCUT2D eigenvalue weighted by Crippen LogP contribution is 2.64. The van der Waals surface area contributed by atoms with Gasteiger partial charge in [-0.15, -0.1) is 0 Å². The maximum Gasteiger partial charge on any atom is 0.315 e. The van der Waals surface area contributed by atoms with Gasteiger partial charge in [-0.05, 0) is 48.9 Å². The molecule has 7 nitrogen and oxygen atoms in total. The summed E-state index contributed by atoms with van der Waals surface area (Å²) >= 11 is 5.90. The van der Waals surface area contributed by atoms with Crippen LogP contribution in [0.3, 0.4) is 0 Å². The van der Waals surface area contributed by atoms with Crippen molar-refractivity contribution < 1.29 is 27.4 Å². The molecular formula is C20H20ClNO6S. The molecule has 29 heavy (non-hydrogen) atoms. The second kappa shape index (κ2) is 7.19. The van der Waals surface area contributed by atoms with Crippen LogP contribution in [0.5, 0.6) is 11.5 Å². The molecule has 0 spiro atoms. The zero-order valence-electron chi connectivity index (χ0n) is 15.6. The fraction of sp³-hybridized carbons (Fsp3) is 0.350. The van der Waals surface area contributed by atoms with E-state index in [2.05, 4.69) is 0 Å². The Bertz CT molecular complexity index is 1060. The van der Waals surface area contributed by atoms with E-state index in [1.807, 2.05) is 0 Å². The Morgan fingerprint density at radius 1 is 1.21 bits per heavy atom. The van der Waals surface area contributed by atoms with Crippen LogP contribution in [0, 0.1) is 5.41 Å². The second-order valence-electron chi connectivity index (χ2n) is 6.97. The fourth-order valence-electron chi connectivity index (χ4n) is 4.05. The number of hydrogen-bond acceptors (Lipinski definition) is 7. The monoisotopic (exact) mass is 437 g/mol. The Kier molecular flexibility index (Phi) is 4.96. The van der Waals surface area contributed by atoms with E-state index in [9.17, 15) is 13.2 Å². The van der Waals surface area contributed by atoms with Crippen LogP contribution in [0.15, 0.2) is 47.4 Å². The summed E-state index contributed by atoms with van der Waals surface area (Å²) in [6, 6.07) is 11.0. The van der Waals surface area contributed by atoms with Gasteiger partial charge in [0, 0.05) is 17.5 Å². The number of hydrogen-bond donors (Lipinski definition) is 1.